The Bertz CT molecular complexity index is 1040. The van der Waals surface area contributed by atoms with Gasteiger partial charge in [-0.3, -0.25) is 33.6 Å². The van der Waals surface area contributed by atoms with Crippen molar-refractivity contribution >= 4 is 57.3 Å². The average molecular weight is 625 g/mol. The summed E-state index contributed by atoms with van der Waals surface area (Å²) in [4.78, 5) is 130. The van der Waals surface area contributed by atoms with Crippen LogP contribution in [0.2, 0.25) is 6.04 Å². The number of carboxylic acid groups (broad SMARTS) is 3. The van der Waals surface area contributed by atoms with Gasteiger partial charge < -0.3 is 49.4 Å². The molecule has 18 nitrogen and oxygen atoms in total. The molecule has 3 unspecified atom stereocenters. The fourth-order valence-electron chi connectivity index (χ4n) is 4.79. The quantitative estimate of drug-likeness (QED) is 0.0294. The summed E-state index contributed by atoms with van der Waals surface area (Å²) in [6.07, 6.45) is -4.10. The molecular weight excluding hydrogens is 588 g/mol. The number of carboxylic acids is 3. The normalized spacial score (nSPS) is 16.3. The summed E-state index contributed by atoms with van der Waals surface area (Å²) in [7, 11) is -4.57. The molecular formula is C23H36N2O16Si. The predicted octanol–water partition coefficient (Wildman–Crippen LogP) is -2.80. The lowest BCUT2D eigenvalue weighted by Crippen LogP contribution is -2.69. The fourth-order valence-corrected chi connectivity index (χ4v) is 5.45. The number of hydrogen-bond acceptors (Lipinski definition) is 13. The van der Waals surface area contributed by atoms with Crippen LogP contribution >= 0.6 is 0 Å². The zero-order valence-corrected chi connectivity index (χ0v) is 24.3. The van der Waals surface area contributed by atoms with Gasteiger partial charge in [0.15, 0.2) is 11.2 Å². The SMILES string of the molecule is CCN(CC)C(=O)C([C@H](C(=O)O)[C@](CC)(C(=O)O)C(=O)NCCC[Si](O)(O)O)C(OC=O)(C(C)=O)C(OC=O)C(=O)O. The number of Topliss-reactive ketones (excluding diaryl/α,β-unsaturated/α-hetero) is 1. The van der Waals surface area contributed by atoms with Crippen molar-refractivity contribution in [3.8, 4) is 0 Å². The van der Waals surface area contributed by atoms with Crippen LogP contribution in [-0.4, -0.2) is 123 Å². The van der Waals surface area contributed by atoms with Crippen LogP contribution in [0.5, 0.6) is 0 Å². The minimum atomic E-state index is -4.57. The van der Waals surface area contributed by atoms with E-state index in [1.807, 2.05) is 0 Å². The van der Waals surface area contributed by atoms with E-state index in [4.69, 9.17) is 19.1 Å². The molecule has 19 heteroatoms. The summed E-state index contributed by atoms with van der Waals surface area (Å²) in [6.45, 7) is 2.45. The second-order valence-electron chi connectivity index (χ2n) is 9.08. The molecule has 5 atom stereocenters. The van der Waals surface area contributed by atoms with Gasteiger partial charge in [-0.15, -0.1) is 0 Å². The topological polar surface area (TPSA) is 292 Å². The van der Waals surface area contributed by atoms with Crippen molar-refractivity contribution in [1.29, 1.82) is 0 Å². The molecule has 0 bridgehead atoms. The van der Waals surface area contributed by atoms with Crippen molar-refractivity contribution in [2.24, 2.45) is 17.3 Å². The largest absolute Gasteiger partial charge is 0.492 e. The Morgan fingerprint density at radius 3 is 1.79 bits per heavy atom. The molecule has 0 aliphatic carbocycles. The monoisotopic (exact) mass is 624 g/mol. The summed E-state index contributed by atoms with van der Waals surface area (Å²) < 4.78 is 9.35. The van der Waals surface area contributed by atoms with Crippen LogP contribution in [0.25, 0.3) is 0 Å². The van der Waals surface area contributed by atoms with Crippen molar-refractivity contribution in [2.45, 2.75) is 58.3 Å². The van der Waals surface area contributed by atoms with E-state index in [0.29, 0.717) is 6.92 Å². The first-order chi connectivity index (χ1) is 19.4. The third-order valence-corrected chi connectivity index (χ3v) is 7.88. The van der Waals surface area contributed by atoms with E-state index in [1.165, 1.54) is 13.8 Å². The van der Waals surface area contributed by atoms with E-state index >= 15 is 0 Å². The van der Waals surface area contributed by atoms with Crippen LogP contribution in [0.15, 0.2) is 0 Å². The highest BCUT2D eigenvalue weighted by atomic mass is 28.4. The number of ether oxygens (including phenoxy) is 2. The summed E-state index contributed by atoms with van der Waals surface area (Å²) in [5.41, 5.74) is -6.67. The molecule has 0 radical (unpaired) electrons. The lowest BCUT2D eigenvalue weighted by molar-refractivity contribution is -0.209. The van der Waals surface area contributed by atoms with Gasteiger partial charge in [0.1, 0.15) is 5.92 Å². The number of carbonyl (C=O) groups is 8. The van der Waals surface area contributed by atoms with Gasteiger partial charge in [0, 0.05) is 25.7 Å². The Balaban J connectivity index is 7.87. The van der Waals surface area contributed by atoms with Gasteiger partial charge in [-0.25, -0.2) is 4.79 Å². The van der Waals surface area contributed by atoms with E-state index in [9.17, 15) is 53.7 Å². The van der Waals surface area contributed by atoms with Crippen LogP contribution < -0.4 is 5.32 Å². The molecule has 42 heavy (non-hydrogen) atoms. The molecule has 0 aliphatic rings. The fraction of sp³-hybridized carbons (Fsp3) is 0.652. The third kappa shape index (κ3) is 8.08. The lowest BCUT2D eigenvalue weighted by Gasteiger charge is -2.46. The highest BCUT2D eigenvalue weighted by Crippen LogP contribution is 2.46. The standard InChI is InChI=1S/C23H36N2O16Si/c1-5-22(21(35)36,20(34)24-9-8-10-42(37,38)39)15(18(30)31)14(17(29)25(6-2)7-3)23(13(4)28,41-12-27)16(19(32)33)40-11-26/h11-12,14-16,37-39H,5-10H2,1-4H3,(H,24,34)(H,30,31)(H,32,33)(H,35,36)/t14?,15-,16?,22+,23?/m1/s1. The van der Waals surface area contributed by atoms with Gasteiger partial charge >= 0.3 is 26.7 Å². The number of amides is 2. The Morgan fingerprint density at radius 1 is 0.905 bits per heavy atom. The molecule has 0 rings (SSSR count). The molecule has 0 aromatic carbocycles. The number of hydrogen-bond donors (Lipinski definition) is 7. The number of carbonyl (C=O) groups excluding carboxylic acids is 5. The number of nitrogens with zero attached hydrogens (tertiary/aromatic N) is 1. The number of nitrogens with one attached hydrogen (secondary N) is 1. The average Bonchev–Trinajstić information content (AvgIpc) is 2.88. The number of rotatable bonds is 21. The molecule has 0 spiro atoms. The van der Waals surface area contributed by atoms with Gasteiger partial charge in [0.05, 0.1) is 5.92 Å². The third-order valence-electron chi connectivity index (χ3n) is 6.85. The highest BCUT2D eigenvalue weighted by molar-refractivity contribution is 6.56. The molecule has 0 fully saturated rings. The van der Waals surface area contributed by atoms with Crippen LogP contribution in [0.4, 0.5) is 0 Å². The minimum absolute atomic E-state index is 0.215. The van der Waals surface area contributed by atoms with Gasteiger partial charge in [-0.1, -0.05) is 6.92 Å². The first-order valence-corrected chi connectivity index (χ1v) is 14.6. The smallest absolute Gasteiger partial charge is 0.481 e. The number of ketones is 1. The molecule has 7 N–H and O–H groups in total. The zero-order valence-electron chi connectivity index (χ0n) is 23.3. The van der Waals surface area contributed by atoms with Gasteiger partial charge in [0.25, 0.3) is 12.9 Å². The lowest BCUT2D eigenvalue weighted by atomic mass is 9.60. The summed E-state index contributed by atoms with van der Waals surface area (Å²) in [5.74, 6) is -16.7. The Labute approximate surface area is 240 Å². The first-order valence-electron chi connectivity index (χ1n) is 12.6. The molecule has 0 aromatic heterocycles. The van der Waals surface area contributed by atoms with Crippen molar-refractivity contribution in [2.75, 3.05) is 19.6 Å². The molecule has 2 amide bonds. The zero-order chi connectivity index (χ0) is 33.1. The van der Waals surface area contributed by atoms with Gasteiger partial charge in [-0.05, 0) is 33.6 Å². The highest BCUT2D eigenvalue weighted by Gasteiger charge is 2.70. The molecule has 0 saturated carbocycles. The summed E-state index contributed by atoms with van der Waals surface area (Å²) >= 11 is 0. The van der Waals surface area contributed by atoms with Gasteiger partial charge in [-0.2, -0.15) is 0 Å². The van der Waals surface area contributed by atoms with Crippen LogP contribution in [0, 0.1) is 17.3 Å². The second-order valence-corrected chi connectivity index (χ2v) is 11.1. The maximum Gasteiger partial charge on any atom is 0.492 e. The molecule has 0 aliphatic heterocycles. The molecule has 0 heterocycles. The van der Waals surface area contributed by atoms with Crippen LogP contribution in [0.3, 0.4) is 0 Å². The Morgan fingerprint density at radius 2 is 1.45 bits per heavy atom. The van der Waals surface area contributed by atoms with E-state index in [-0.39, 0.29) is 19.5 Å². The van der Waals surface area contributed by atoms with Crippen molar-refractivity contribution in [1.82, 2.24) is 10.2 Å². The summed E-state index contributed by atoms with van der Waals surface area (Å²) in [5, 5.41) is 32.6. The summed E-state index contributed by atoms with van der Waals surface area (Å²) in [6, 6.07) is -0.602. The second kappa shape index (κ2) is 15.9. The predicted molar refractivity (Wildman–Crippen MR) is 137 cm³/mol. The van der Waals surface area contributed by atoms with E-state index in [2.05, 4.69) is 10.1 Å². The van der Waals surface area contributed by atoms with Crippen LogP contribution in [-0.2, 0) is 47.8 Å². The first kappa shape index (κ1) is 38.1. The van der Waals surface area contributed by atoms with E-state index < -0.39 is 105 Å². The van der Waals surface area contributed by atoms with E-state index in [0.717, 1.165) is 11.8 Å². The Hall–Kier alpha value is -3.94. The molecule has 0 saturated heterocycles. The van der Waals surface area contributed by atoms with E-state index in [1.54, 1.807) is 0 Å². The van der Waals surface area contributed by atoms with Crippen LogP contribution in [0.1, 0.15) is 40.5 Å². The maximum atomic E-state index is 14.0. The Kier molecular flexibility index (Phi) is 14.4. The minimum Gasteiger partial charge on any atom is -0.481 e. The van der Waals surface area contributed by atoms with Crippen molar-refractivity contribution in [3.05, 3.63) is 0 Å². The molecule has 0 aromatic rings. The van der Waals surface area contributed by atoms with Gasteiger partial charge in [0.2, 0.25) is 23.5 Å². The number of aliphatic carboxylic acids is 3. The van der Waals surface area contributed by atoms with Crippen molar-refractivity contribution in [3.63, 3.8) is 0 Å². The molecule has 238 valence electrons. The maximum absolute atomic E-state index is 14.0. The van der Waals surface area contributed by atoms with Crippen molar-refractivity contribution < 1.29 is 77.5 Å².